The number of aromatic carboxylic acids is 1. The number of aromatic nitrogens is 4. The fourth-order valence-corrected chi connectivity index (χ4v) is 2.37. The smallest absolute Gasteiger partial charge is 0.435 e. The maximum absolute atomic E-state index is 12.6. The first-order valence-corrected chi connectivity index (χ1v) is 7.77. The van der Waals surface area contributed by atoms with Gasteiger partial charge in [-0.1, -0.05) is 0 Å². The third-order valence-electron chi connectivity index (χ3n) is 3.75. The van der Waals surface area contributed by atoms with Crippen molar-refractivity contribution < 1.29 is 27.9 Å². The zero-order valence-corrected chi connectivity index (χ0v) is 14.1. The molecular formula is C15H18F3N5O3. The number of carboxylic acid groups (broad SMARTS) is 1. The van der Waals surface area contributed by atoms with E-state index in [2.05, 4.69) is 15.5 Å². The molecule has 0 aliphatic rings. The van der Waals surface area contributed by atoms with Crippen LogP contribution in [-0.4, -0.2) is 43.1 Å². The van der Waals surface area contributed by atoms with E-state index in [1.54, 1.807) is 0 Å². The number of carbonyl (C=O) groups excluding carboxylic acids is 1. The minimum Gasteiger partial charge on any atom is -0.477 e. The van der Waals surface area contributed by atoms with E-state index in [4.69, 9.17) is 5.11 Å². The molecule has 0 saturated heterocycles. The number of carbonyl (C=O) groups is 2. The number of nitrogens with one attached hydrogen (secondary N) is 1. The van der Waals surface area contributed by atoms with Crippen molar-refractivity contribution >= 4 is 11.9 Å². The van der Waals surface area contributed by atoms with Gasteiger partial charge >= 0.3 is 12.1 Å². The van der Waals surface area contributed by atoms with Gasteiger partial charge in [-0.15, -0.1) is 0 Å². The summed E-state index contributed by atoms with van der Waals surface area (Å²) in [5.41, 5.74) is -0.688. The molecule has 0 bridgehead atoms. The van der Waals surface area contributed by atoms with Crippen LogP contribution in [0.5, 0.6) is 0 Å². The summed E-state index contributed by atoms with van der Waals surface area (Å²) in [6, 6.07) is 1.41. The maximum atomic E-state index is 12.6. The van der Waals surface area contributed by atoms with Crippen LogP contribution in [0.1, 0.15) is 41.3 Å². The number of hydrogen-bond donors (Lipinski definition) is 2. The quantitative estimate of drug-likeness (QED) is 0.722. The molecule has 2 aromatic heterocycles. The number of alkyl halides is 3. The normalized spacial score (nSPS) is 12.8. The SMILES string of the molecule is Cc1cc(C(F)(F)F)nn1CCCNC(=O)C(C)n1nccc1C(=O)O. The van der Waals surface area contributed by atoms with Crippen LogP contribution in [-0.2, 0) is 17.5 Å². The van der Waals surface area contributed by atoms with Crippen molar-refractivity contribution in [2.75, 3.05) is 6.54 Å². The summed E-state index contributed by atoms with van der Waals surface area (Å²) in [5, 5.41) is 19.0. The number of amides is 1. The van der Waals surface area contributed by atoms with Gasteiger partial charge in [-0.2, -0.15) is 23.4 Å². The lowest BCUT2D eigenvalue weighted by Crippen LogP contribution is -2.33. The third-order valence-corrected chi connectivity index (χ3v) is 3.75. The molecule has 0 spiro atoms. The summed E-state index contributed by atoms with van der Waals surface area (Å²) >= 11 is 0. The number of nitrogens with zero attached hydrogens (tertiary/aromatic N) is 4. The molecule has 1 unspecified atom stereocenters. The highest BCUT2D eigenvalue weighted by Gasteiger charge is 2.34. The average Bonchev–Trinajstić information content (AvgIpc) is 3.17. The first-order valence-electron chi connectivity index (χ1n) is 7.77. The molecule has 2 heterocycles. The Bertz CT molecular complexity index is 797. The van der Waals surface area contributed by atoms with Gasteiger partial charge in [0.15, 0.2) is 5.69 Å². The molecule has 0 radical (unpaired) electrons. The van der Waals surface area contributed by atoms with Crippen LogP contribution in [0.4, 0.5) is 13.2 Å². The standard InChI is InChI=1S/C15H18F3N5O3/c1-9-8-12(15(16,17)18)21-22(9)7-3-5-19-13(24)10(2)23-11(14(25)26)4-6-20-23/h4,6,8,10H,3,5,7H2,1-2H3,(H,19,24)(H,25,26). The second-order valence-electron chi connectivity index (χ2n) is 5.68. The first kappa shape index (κ1) is 19.5. The molecule has 0 saturated carbocycles. The van der Waals surface area contributed by atoms with Crippen molar-refractivity contribution in [3.63, 3.8) is 0 Å². The monoisotopic (exact) mass is 373 g/mol. The molecule has 8 nitrogen and oxygen atoms in total. The highest BCUT2D eigenvalue weighted by Crippen LogP contribution is 2.28. The van der Waals surface area contributed by atoms with E-state index in [-0.39, 0.29) is 18.8 Å². The maximum Gasteiger partial charge on any atom is 0.435 e. The average molecular weight is 373 g/mol. The van der Waals surface area contributed by atoms with E-state index in [1.807, 2.05) is 0 Å². The lowest BCUT2D eigenvalue weighted by molar-refractivity contribution is -0.141. The molecule has 1 amide bonds. The molecular weight excluding hydrogens is 355 g/mol. The van der Waals surface area contributed by atoms with Crippen LogP contribution >= 0.6 is 0 Å². The van der Waals surface area contributed by atoms with E-state index in [0.717, 1.165) is 10.7 Å². The van der Waals surface area contributed by atoms with Gasteiger partial charge < -0.3 is 10.4 Å². The molecule has 11 heteroatoms. The number of hydrogen-bond acceptors (Lipinski definition) is 4. The lowest BCUT2D eigenvalue weighted by atomic mass is 10.3. The van der Waals surface area contributed by atoms with E-state index in [0.29, 0.717) is 12.1 Å². The molecule has 26 heavy (non-hydrogen) atoms. The molecule has 142 valence electrons. The predicted molar refractivity (Wildman–Crippen MR) is 83.5 cm³/mol. The van der Waals surface area contributed by atoms with Crippen LogP contribution < -0.4 is 5.32 Å². The Morgan fingerprint density at radius 3 is 2.65 bits per heavy atom. The summed E-state index contributed by atoms with van der Waals surface area (Å²) in [7, 11) is 0. The molecule has 2 aromatic rings. The summed E-state index contributed by atoms with van der Waals surface area (Å²) in [6.45, 7) is 3.43. The second-order valence-corrected chi connectivity index (χ2v) is 5.68. The highest BCUT2D eigenvalue weighted by molar-refractivity contribution is 5.87. The van der Waals surface area contributed by atoms with E-state index in [9.17, 15) is 22.8 Å². The topological polar surface area (TPSA) is 102 Å². The fourth-order valence-electron chi connectivity index (χ4n) is 2.37. The summed E-state index contributed by atoms with van der Waals surface area (Å²) in [4.78, 5) is 23.1. The predicted octanol–water partition coefficient (Wildman–Crippen LogP) is 1.87. The van der Waals surface area contributed by atoms with Crippen molar-refractivity contribution in [3.8, 4) is 0 Å². The first-order chi connectivity index (χ1) is 12.1. The van der Waals surface area contributed by atoms with Gasteiger partial charge in [0.2, 0.25) is 5.91 Å². The van der Waals surface area contributed by atoms with Gasteiger partial charge in [0.05, 0.1) is 0 Å². The number of carboxylic acids is 1. The van der Waals surface area contributed by atoms with Crippen molar-refractivity contribution in [3.05, 3.63) is 35.4 Å². The Labute approximate surface area is 146 Å². The Hall–Kier alpha value is -2.85. The summed E-state index contributed by atoms with van der Waals surface area (Å²) in [5.74, 6) is -1.64. The Balaban J connectivity index is 1.86. The Morgan fingerprint density at radius 2 is 2.08 bits per heavy atom. The third kappa shape index (κ3) is 4.41. The molecule has 2 N–H and O–H groups in total. The van der Waals surface area contributed by atoms with Gasteiger partial charge in [-0.3, -0.25) is 9.48 Å². The number of halogens is 3. The number of rotatable bonds is 7. The van der Waals surface area contributed by atoms with Gasteiger partial charge in [-0.05, 0) is 32.4 Å². The van der Waals surface area contributed by atoms with E-state index >= 15 is 0 Å². The molecule has 0 aromatic carbocycles. The molecule has 0 aliphatic heterocycles. The molecule has 1 atom stereocenters. The summed E-state index contributed by atoms with van der Waals surface area (Å²) < 4.78 is 40.1. The summed E-state index contributed by atoms with van der Waals surface area (Å²) in [6.07, 6.45) is -2.85. The fraction of sp³-hybridized carbons (Fsp3) is 0.467. The van der Waals surface area contributed by atoms with E-state index < -0.39 is 29.8 Å². The second kappa shape index (κ2) is 7.58. The van der Waals surface area contributed by atoms with Crippen LogP contribution in [0.3, 0.4) is 0 Å². The van der Waals surface area contributed by atoms with Crippen molar-refractivity contribution in [2.45, 2.75) is 39.0 Å². The van der Waals surface area contributed by atoms with Crippen molar-refractivity contribution in [1.82, 2.24) is 24.9 Å². The van der Waals surface area contributed by atoms with Crippen LogP contribution in [0.2, 0.25) is 0 Å². The largest absolute Gasteiger partial charge is 0.477 e. The van der Waals surface area contributed by atoms with Gasteiger partial charge in [0.25, 0.3) is 0 Å². The van der Waals surface area contributed by atoms with Crippen LogP contribution in [0.15, 0.2) is 18.3 Å². The Kier molecular flexibility index (Phi) is 5.68. The lowest BCUT2D eigenvalue weighted by Gasteiger charge is -2.14. The van der Waals surface area contributed by atoms with Gasteiger partial charge in [0, 0.05) is 25.0 Å². The van der Waals surface area contributed by atoms with E-state index in [1.165, 1.54) is 30.8 Å². The zero-order valence-electron chi connectivity index (χ0n) is 14.1. The molecule has 0 aliphatic carbocycles. The number of aryl methyl sites for hydroxylation is 2. The van der Waals surface area contributed by atoms with Gasteiger partial charge in [0.1, 0.15) is 11.7 Å². The van der Waals surface area contributed by atoms with Crippen molar-refractivity contribution in [2.24, 2.45) is 0 Å². The molecule has 0 fully saturated rings. The molecule has 2 rings (SSSR count). The van der Waals surface area contributed by atoms with Crippen LogP contribution in [0.25, 0.3) is 0 Å². The zero-order chi connectivity index (χ0) is 19.5. The van der Waals surface area contributed by atoms with Crippen LogP contribution in [0, 0.1) is 6.92 Å². The Morgan fingerprint density at radius 1 is 1.38 bits per heavy atom. The van der Waals surface area contributed by atoms with Crippen molar-refractivity contribution in [1.29, 1.82) is 0 Å². The minimum absolute atomic E-state index is 0.112. The van der Waals surface area contributed by atoms with Gasteiger partial charge in [-0.25, -0.2) is 9.48 Å². The minimum atomic E-state index is -4.49. The highest BCUT2D eigenvalue weighted by atomic mass is 19.4.